The van der Waals surface area contributed by atoms with E-state index >= 15 is 0 Å². The van der Waals surface area contributed by atoms with Crippen molar-refractivity contribution in [1.29, 1.82) is 0 Å². The molecule has 1 aliphatic heterocycles. The van der Waals surface area contributed by atoms with Crippen LogP contribution >= 0.6 is 11.6 Å². The summed E-state index contributed by atoms with van der Waals surface area (Å²) in [6, 6.07) is 2.80. The van der Waals surface area contributed by atoms with Crippen LogP contribution in [0.5, 0.6) is 0 Å². The number of urea groups is 1. The standard InChI is InChI=1S/C17H26ClN3O4S/c1-11(2)14-9-13(18)10-15(12(3)4)16(14)19-17(22)20-26(23,24)21-5-7-25-8-6-21/h9-12H,5-8H2,1-4H3,(H2,19,20,22). The first-order valence-corrected chi connectivity index (χ1v) is 10.4. The van der Waals surface area contributed by atoms with Crippen molar-refractivity contribution in [2.75, 3.05) is 31.6 Å². The van der Waals surface area contributed by atoms with E-state index in [2.05, 4.69) is 10.0 Å². The molecule has 1 aromatic carbocycles. The molecule has 9 heteroatoms. The maximum atomic E-state index is 12.4. The van der Waals surface area contributed by atoms with Gasteiger partial charge in [-0.1, -0.05) is 39.3 Å². The number of halogens is 1. The molecule has 0 bridgehead atoms. The van der Waals surface area contributed by atoms with Crippen molar-refractivity contribution in [2.24, 2.45) is 0 Å². The lowest BCUT2D eigenvalue weighted by atomic mass is 9.92. The summed E-state index contributed by atoms with van der Waals surface area (Å²) in [5.41, 5.74) is 2.33. The van der Waals surface area contributed by atoms with Gasteiger partial charge in [-0.15, -0.1) is 0 Å². The van der Waals surface area contributed by atoms with Gasteiger partial charge in [0.2, 0.25) is 0 Å². The van der Waals surface area contributed by atoms with Gasteiger partial charge in [0.25, 0.3) is 0 Å². The predicted molar refractivity (Wildman–Crippen MR) is 103 cm³/mol. The number of carbonyl (C=O) groups excluding carboxylic acids is 1. The molecular formula is C17H26ClN3O4S. The fourth-order valence-corrected chi connectivity index (χ4v) is 4.09. The predicted octanol–water partition coefficient (Wildman–Crippen LogP) is 3.29. The van der Waals surface area contributed by atoms with Crippen LogP contribution in [0.15, 0.2) is 12.1 Å². The fourth-order valence-electron chi connectivity index (χ4n) is 2.81. The van der Waals surface area contributed by atoms with Gasteiger partial charge in [-0.05, 0) is 35.1 Å². The number of rotatable bonds is 5. The zero-order valence-electron chi connectivity index (χ0n) is 15.5. The fraction of sp³-hybridized carbons (Fsp3) is 0.588. The van der Waals surface area contributed by atoms with Crippen LogP contribution in [0.2, 0.25) is 5.02 Å². The van der Waals surface area contributed by atoms with E-state index in [9.17, 15) is 13.2 Å². The molecule has 1 aliphatic rings. The van der Waals surface area contributed by atoms with Gasteiger partial charge < -0.3 is 10.1 Å². The summed E-state index contributed by atoms with van der Waals surface area (Å²) in [5.74, 6) is 0.217. The SMILES string of the molecule is CC(C)c1cc(Cl)cc(C(C)C)c1NC(=O)NS(=O)(=O)N1CCOCC1. The van der Waals surface area contributed by atoms with Gasteiger partial charge in [-0.2, -0.15) is 12.7 Å². The molecule has 1 heterocycles. The highest BCUT2D eigenvalue weighted by atomic mass is 35.5. The van der Waals surface area contributed by atoms with Crippen LogP contribution in [0.25, 0.3) is 0 Å². The van der Waals surface area contributed by atoms with Crippen LogP contribution in [0.1, 0.15) is 50.7 Å². The molecule has 2 N–H and O–H groups in total. The Hall–Kier alpha value is -1.35. The second-order valence-electron chi connectivity index (χ2n) is 6.84. The molecule has 1 saturated heterocycles. The van der Waals surface area contributed by atoms with Crippen LogP contribution in [0.3, 0.4) is 0 Å². The summed E-state index contributed by atoms with van der Waals surface area (Å²) in [6.45, 7) is 9.03. The average Bonchev–Trinajstić information content (AvgIpc) is 2.56. The Labute approximate surface area is 160 Å². The number of amides is 2. The van der Waals surface area contributed by atoms with E-state index in [4.69, 9.17) is 16.3 Å². The summed E-state index contributed by atoms with van der Waals surface area (Å²) in [5, 5.41) is 3.31. The van der Waals surface area contributed by atoms with Crippen molar-refractivity contribution in [2.45, 2.75) is 39.5 Å². The summed E-state index contributed by atoms with van der Waals surface area (Å²) >= 11 is 6.21. The van der Waals surface area contributed by atoms with Crippen LogP contribution in [0, 0.1) is 0 Å². The van der Waals surface area contributed by atoms with E-state index in [1.807, 2.05) is 27.7 Å². The first-order chi connectivity index (χ1) is 12.1. The van der Waals surface area contributed by atoms with E-state index in [0.29, 0.717) is 23.9 Å². The van der Waals surface area contributed by atoms with Gasteiger partial charge in [-0.3, -0.25) is 0 Å². The smallest absolute Gasteiger partial charge is 0.333 e. The minimum Gasteiger partial charge on any atom is -0.379 e. The lowest BCUT2D eigenvalue weighted by molar-refractivity contribution is 0.0726. The number of nitrogens with zero attached hydrogens (tertiary/aromatic N) is 1. The van der Waals surface area contributed by atoms with E-state index in [1.54, 1.807) is 12.1 Å². The Morgan fingerprint density at radius 3 is 2.08 bits per heavy atom. The van der Waals surface area contributed by atoms with Crippen LogP contribution in [0.4, 0.5) is 10.5 Å². The molecule has 0 atom stereocenters. The largest absolute Gasteiger partial charge is 0.379 e. The van der Waals surface area contributed by atoms with Crippen molar-refractivity contribution in [3.05, 3.63) is 28.3 Å². The Morgan fingerprint density at radius 1 is 1.12 bits per heavy atom. The molecule has 146 valence electrons. The third kappa shape index (κ3) is 5.09. The van der Waals surface area contributed by atoms with E-state index in [-0.39, 0.29) is 24.9 Å². The Morgan fingerprint density at radius 2 is 1.62 bits per heavy atom. The zero-order chi connectivity index (χ0) is 19.5. The minimum absolute atomic E-state index is 0.109. The molecule has 1 fully saturated rings. The summed E-state index contributed by atoms with van der Waals surface area (Å²) in [4.78, 5) is 12.4. The Balaban J connectivity index is 2.25. The van der Waals surface area contributed by atoms with Crippen molar-refractivity contribution < 1.29 is 17.9 Å². The van der Waals surface area contributed by atoms with E-state index < -0.39 is 16.2 Å². The van der Waals surface area contributed by atoms with Gasteiger partial charge in [-0.25, -0.2) is 9.52 Å². The number of hydrogen-bond donors (Lipinski definition) is 2. The van der Waals surface area contributed by atoms with Crippen LogP contribution in [-0.2, 0) is 14.9 Å². The number of anilines is 1. The number of hydrogen-bond acceptors (Lipinski definition) is 4. The summed E-state index contributed by atoms with van der Waals surface area (Å²) in [7, 11) is -3.91. The summed E-state index contributed by atoms with van der Waals surface area (Å²) < 4.78 is 33.1. The normalized spacial score (nSPS) is 16.1. The minimum atomic E-state index is -3.91. The monoisotopic (exact) mass is 403 g/mol. The summed E-state index contributed by atoms with van der Waals surface area (Å²) in [6.07, 6.45) is 0. The molecule has 2 amide bonds. The second kappa shape index (κ2) is 8.56. The highest BCUT2D eigenvalue weighted by Crippen LogP contribution is 2.35. The third-order valence-electron chi connectivity index (χ3n) is 4.18. The lowest BCUT2D eigenvalue weighted by Crippen LogP contribution is -2.49. The van der Waals surface area contributed by atoms with Crippen molar-refractivity contribution in [3.63, 3.8) is 0 Å². The lowest BCUT2D eigenvalue weighted by Gasteiger charge is -2.26. The molecule has 26 heavy (non-hydrogen) atoms. The highest BCUT2D eigenvalue weighted by molar-refractivity contribution is 7.87. The first kappa shape index (κ1) is 21.0. The number of carbonyl (C=O) groups is 1. The van der Waals surface area contributed by atoms with Crippen LogP contribution in [-0.4, -0.2) is 45.1 Å². The van der Waals surface area contributed by atoms with Gasteiger partial charge in [0.15, 0.2) is 0 Å². The molecule has 0 aliphatic carbocycles. The van der Waals surface area contributed by atoms with Gasteiger partial charge in [0.1, 0.15) is 0 Å². The maximum absolute atomic E-state index is 12.4. The van der Waals surface area contributed by atoms with Crippen molar-refractivity contribution in [1.82, 2.24) is 9.03 Å². The molecule has 0 unspecified atom stereocenters. The topological polar surface area (TPSA) is 87.7 Å². The molecule has 0 radical (unpaired) electrons. The molecule has 1 aromatic rings. The van der Waals surface area contributed by atoms with Crippen molar-refractivity contribution >= 4 is 33.5 Å². The second-order valence-corrected chi connectivity index (χ2v) is 8.95. The van der Waals surface area contributed by atoms with Gasteiger partial charge in [0, 0.05) is 23.8 Å². The average molecular weight is 404 g/mol. The van der Waals surface area contributed by atoms with Crippen LogP contribution < -0.4 is 10.0 Å². The Kier molecular flexibility index (Phi) is 6.90. The molecule has 7 nitrogen and oxygen atoms in total. The Bertz CT molecular complexity index is 730. The maximum Gasteiger partial charge on any atom is 0.333 e. The number of ether oxygens (including phenoxy) is 1. The van der Waals surface area contributed by atoms with E-state index in [0.717, 1.165) is 11.1 Å². The van der Waals surface area contributed by atoms with Gasteiger partial charge >= 0.3 is 16.2 Å². The quantitative estimate of drug-likeness (QED) is 0.789. The number of benzene rings is 1. The first-order valence-electron chi connectivity index (χ1n) is 8.61. The van der Waals surface area contributed by atoms with Gasteiger partial charge in [0.05, 0.1) is 13.2 Å². The van der Waals surface area contributed by atoms with Crippen molar-refractivity contribution in [3.8, 4) is 0 Å². The molecule has 2 rings (SSSR count). The third-order valence-corrected chi connectivity index (χ3v) is 5.88. The number of morpholine rings is 1. The highest BCUT2D eigenvalue weighted by Gasteiger charge is 2.27. The number of nitrogens with one attached hydrogen (secondary N) is 2. The van der Waals surface area contributed by atoms with E-state index in [1.165, 1.54) is 4.31 Å². The molecule has 0 spiro atoms. The zero-order valence-corrected chi connectivity index (χ0v) is 17.1. The molecular weight excluding hydrogens is 378 g/mol. The molecule has 0 aromatic heterocycles. The molecule has 0 saturated carbocycles.